The SMILES string of the molecule is O=Cc1ccc2nsnc2c1. The highest BCUT2D eigenvalue weighted by molar-refractivity contribution is 7.00. The van der Waals surface area contributed by atoms with Crippen LogP contribution in [0.15, 0.2) is 18.2 Å². The molecule has 0 saturated heterocycles. The Labute approximate surface area is 67.0 Å². The zero-order chi connectivity index (χ0) is 7.68. The molecule has 0 bridgehead atoms. The van der Waals surface area contributed by atoms with E-state index in [2.05, 4.69) is 8.75 Å². The zero-order valence-electron chi connectivity index (χ0n) is 5.52. The molecule has 0 saturated carbocycles. The van der Waals surface area contributed by atoms with Crippen LogP contribution in [0.25, 0.3) is 11.0 Å². The van der Waals surface area contributed by atoms with Gasteiger partial charge in [0.25, 0.3) is 0 Å². The number of aldehydes is 1. The van der Waals surface area contributed by atoms with Gasteiger partial charge < -0.3 is 0 Å². The molecule has 1 aromatic carbocycles. The fourth-order valence-corrected chi connectivity index (χ4v) is 1.39. The van der Waals surface area contributed by atoms with Gasteiger partial charge in [-0.1, -0.05) is 0 Å². The van der Waals surface area contributed by atoms with Crippen molar-refractivity contribution >= 4 is 29.0 Å². The van der Waals surface area contributed by atoms with E-state index in [9.17, 15) is 4.79 Å². The van der Waals surface area contributed by atoms with Gasteiger partial charge in [-0.2, -0.15) is 8.75 Å². The normalized spacial score (nSPS) is 10.2. The summed E-state index contributed by atoms with van der Waals surface area (Å²) in [6.45, 7) is 0. The second kappa shape index (κ2) is 2.39. The van der Waals surface area contributed by atoms with Gasteiger partial charge in [0.05, 0.1) is 11.7 Å². The highest BCUT2D eigenvalue weighted by Gasteiger charge is 1.97. The van der Waals surface area contributed by atoms with E-state index in [1.807, 2.05) is 0 Å². The van der Waals surface area contributed by atoms with Crippen molar-refractivity contribution in [2.24, 2.45) is 0 Å². The van der Waals surface area contributed by atoms with E-state index in [4.69, 9.17) is 0 Å². The molecule has 0 N–H and O–H groups in total. The molecule has 0 aliphatic carbocycles. The lowest BCUT2D eigenvalue weighted by atomic mass is 10.2. The standard InChI is InChI=1S/C7H4N2OS/c10-4-5-1-2-6-7(3-5)9-11-8-6/h1-4H. The number of hydrogen-bond acceptors (Lipinski definition) is 4. The summed E-state index contributed by atoms with van der Waals surface area (Å²) in [7, 11) is 0. The molecular weight excluding hydrogens is 160 g/mol. The Morgan fingerprint density at radius 2 is 2.09 bits per heavy atom. The van der Waals surface area contributed by atoms with Crippen LogP contribution in [0.5, 0.6) is 0 Å². The predicted molar refractivity (Wildman–Crippen MR) is 42.8 cm³/mol. The molecule has 2 rings (SSSR count). The van der Waals surface area contributed by atoms with E-state index in [1.165, 1.54) is 0 Å². The number of hydrogen-bond donors (Lipinski definition) is 0. The molecule has 0 amide bonds. The number of aromatic nitrogens is 2. The summed E-state index contributed by atoms with van der Waals surface area (Å²) in [6, 6.07) is 5.26. The van der Waals surface area contributed by atoms with Crippen molar-refractivity contribution in [2.75, 3.05) is 0 Å². The first-order valence-corrected chi connectivity index (χ1v) is 3.81. The zero-order valence-corrected chi connectivity index (χ0v) is 6.34. The maximum absolute atomic E-state index is 10.3. The van der Waals surface area contributed by atoms with E-state index in [1.54, 1.807) is 18.2 Å². The summed E-state index contributed by atoms with van der Waals surface area (Å²) >= 11 is 1.16. The van der Waals surface area contributed by atoms with E-state index in [-0.39, 0.29) is 0 Å². The van der Waals surface area contributed by atoms with Crippen molar-refractivity contribution in [1.29, 1.82) is 0 Å². The van der Waals surface area contributed by atoms with Crippen LogP contribution in [0.2, 0.25) is 0 Å². The molecule has 0 radical (unpaired) electrons. The van der Waals surface area contributed by atoms with Crippen LogP contribution in [-0.4, -0.2) is 15.0 Å². The summed E-state index contributed by atoms with van der Waals surface area (Å²) in [5, 5.41) is 0. The smallest absolute Gasteiger partial charge is 0.150 e. The molecule has 1 aromatic heterocycles. The molecule has 0 spiro atoms. The minimum atomic E-state index is 0.644. The van der Waals surface area contributed by atoms with E-state index in [0.717, 1.165) is 29.0 Å². The van der Waals surface area contributed by atoms with Crippen molar-refractivity contribution < 1.29 is 4.79 Å². The van der Waals surface area contributed by atoms with E-state index in [0.29, 0.717) is 5.56 Å². The molecule has 2 aromatic rings. The third kappa shape index (κ3) is 1.01. The van der Waals surface area contributed by atoms with Crippen LogP contribution in [0.4, 0.5) is 0 Å². The quantitative estimate of drug-likeness (QED) is 0.600. The molecule has 4 heteroatoms. The average Bonchev–Trinajstić information content (AvgIpc) is 2.50. The highest BCUT2D eigenvalue weighted by atomic mass is 32.1. The van der Waals surface area contributed by atoms with Crippen LogP contribution in [0.1, 0.15) is 10.4 Å². The lowest BCUT2D eigenvalue weighted by Crippen LogP contribution is -1.77. The number of fused-ring (bicyclic) bond motifs is 1. The van der Waals surface area contributed by atoms with Crippen molar-refractivity contribution in [3.05, 3.63) is 23.8 Å². The van der Waals surface area contributed by atoms with Gasteiger partial charge in [-0.15, -0.1) is 0 Å². The van der Waals surface area contributed by atoms with Gasteiger partial charge in [-0.05, 0) is 18.2 Å². The lowest BCUT2D eigenvalue weighted by Gasteiger charge is -1.86. The molecule has 54 valence electrons. The van der Waals surface area contributed by atoms with Crippen molar-refractivity contribution in [1.82, 2.24) is 8.75 Å². The minimum absolute atomic E-state index is 0.644. The molecule has 0 aliphatic heterocycles. The van der Waals surface area contributed by atoms with Gasteiger partial charge in [-0.25, -0.2) is 0 Å². The summed E-state index contributed by atoms with van der Waals surface area (Å²) in [5.41, 5.74) is 2.28. The van der Waals surface area contributed by atoms with Gasteiger partial charge in [0, 0.05) is 5.56 Å². The van der Waals surface area contributed by atoms with Crippen molar-refractivity contribution in [3.63, 3.8) is 0 Å². The third-order valence-corrected chi connectivity index (χ3v) is 1.97. The Morgan fingerprint density at radius 3 is 2.91 bits per heavy atom. The number of rotatable bonds is 1. The fraction of sp³-hybridized carbons (Fsp3) is 0. The summed E-state index contributed by atoms with van der Waals surface area (Å²) in [4.78, 5) is 10.3. The second-order valence-electron chi connectivity index (χ2n) is 2.13. The molecular formula is C7H4N2OS. The minimum Gasteiger partial charge on any atom is -0.298 e. The Morgan fingerprint density at radius 1 is 1.27 bits per heavy atom. The highest BCUT2D eigenvalue weighted by Crippen LogP contribution is 2.11. The number of nitrogens with zero attached hydrogens (tertiary/aromatic N) is 2. The first kappa shape index (κ1) is 6.42. The predicted octanol–water partition coefficient (Wildman–Crippen LogP) is 1.50. The Kier molecular flexibility index (Phi) is 1.40. The molecule has 0 aliphatic rings. The van der Waals surface area contributed by atoms with Crippen LogP contribution in [-0.2, 0) is 0 Å². The number of carbonyl (C=O) groups is 1. The van der Waals surface area contributed by atoms with Gasteiger partial charge in [0.1, 0.15) is 17.3 Å². The maximum atomic E-state index is 10.3. The molecule has 11 heavy (non-hydrogen) atoms. The van der Waals surface area contributed by atoms with Gasteiger partial charge >= 0.3 is 0 Å². The maximum Gasteiger partial charge on any atom is 0.150 e. The number of benzene rings is 1. The Bertz CT molecular complexity index is 396. The first-order chi connectivity index (χ1) is 5.40. The summed E-state index contributed by atoms with van der Waals surface area (Å²) < 4.78 is 8.01. The van der Waals surface area contributed by atoms with E-state index >= 15 is 0 Å². The first-order valence-electron chi connectivity index (χ1n) is 3.07. The van der Waals surface area contributed by atoms with Gasteiger partial charge in [-0.3, -0.25) is 4.79 Å². The van der Waals surface area contributed by atoms with Crippen LogP contribution in [0, 0.1) is 0 Å². The van der Waals surface area contributed by atoms with Crippen molar-refractivity contribution in [2.45, 2.75) is 0 Å². The number of carbonyl (C=O) groups excluding carboxylic acids is 1. The average molecular weight is 164 g/mol. The van der Waals surface area contributed by atoms with Crippen molar-refractivity contribution in [3.8, 4) is 0 Å². The summed E-state index contributed by atoms with van der Waals surface area (Å²) in [6.07, 6.45) is 0.804. The molecule has 0 unspecified atom stereocenters. The lowest BCUT2D eigenvalue weighted by molar-refractivity contribution is 0.112. The van der Waals surface area contributed by atoms with E-state index < -0.39 is 0 Å². The van der Waals surface area contributed by atoms with Crippen LogP contribution < -0.4 is 0 Å². The summed E-state index contributed by atoms with van der Waals surface area (Å²) in [5.74, 6) is 0. The Balaban J connectivity index is 2.76. The van der Waals surface area contributed by atoms with Gasteiger partial charge in [0.15, 0.2) is 0 Å². The third-order valence-electron chi connectivity index (χ3n) is 1.41. The molecule has 1 heterocycles. The molecule has 0 fully saturated rings. The van der Waals surface area contributed by atoms with Gasteiger partial charge in [0.2, 0.25) is 0 Å². The fourth-order valence-electron chi connectivity index (χ4n) is 0.872. The second-order valence-corrected chi connectivity index (χ2v) is 2.66. The largest absolute Gasteiger partial charge is 0.298 e. The topological polar surface area (TPSA) is 42.9 Å². The molecule has 3 nitrogen and oxygen atoms in total. The Hall–Kier alpha value is -1.29. The molecule has 0 atom stereocenters. The monoisotopic (exact) mass is 164 g/mol. The van der Waals surface area contributed by atoms with Crippen LogP contribution in [0.3, 0.4) is 0 Å². The van der Waals surface area contributed by atoms with Crippen LogP contribution >= 0.6 is 11.7 Å².